The highest BCUT2D eigenvalue weighted by Gasteiger charge is 2.38. The molecular weight excluding hydrogens is 372 g/mol. The molecule has 0 aliphatic carbocycles. The SMILES string of the molecule is CCCCOC(=O)N1CCC(O)(c2ncc(Br)cc2Cl)CC1. The average Bonchev–Trinajstić information content (AvgIpc) is 2.47. The van der Waals surface area contributed by atoms with Crippen LogP contribution in [0.4, 0.5) is 4.79 Å². The van der Waals surface area contributed by atoms with E-state index in [1.807, 2.05) is 6.92 Å². The lowest BCUT2D eigenvalue weighted by Gasteiger charge is -2.37. The van der Waals surface area contributed by atoms with Crippen LogP contribution in [0.15, 0.2) is 16.7 Å². The number of rotatable bonds is 4. The van der Waals surface area contributed by atoms with Crippen LogP contribution in [-0.2, 0) is 10.3 Å². The lowest BCUT2D eigenvalue weighted by molar-refractivity contribution is -0.0280. The number of carbonyl (C=O) groups is 1. The second kappa shape index (κ2) is 7.62. The van der Waals surface area contributed by atoms with E-state index < -0.39 is 5.60 Å². The topological polar surface area (TPSA) is 62.7 Å². The third kappa shape index (κ3) is 4.12. The summed E-state index contributed by atoms with van der Waals surface area (Å²) in [7, 11) is 0. The normalized spacial score (nSPS) is 17.4. The van der Waals surface area contributed by atoms with Crippen molar-refractivity contribution in [2.24, 2.45) is 0 Å². The standard InChI is InChI=1S/C15H20BrClN2O3/c1-2-3-8-22-14(20)19-6-4-15(21,5-7-19)13-12(17)9-11(16)10-18-13/h9-10,21H,2-8H2,1H3. The lowest BCUT2D eigenvalue weighted by Crippen LogP contribution is -2.45. The monoisotopic (exact) mass is 390 g/mol. The van der Waals surface area contributed by atoms with Crippen LogP contribution in [0, 0.1) is 0 Å². The zero-order chi connectivity index (χ0) is 16.2. The molecular formula is C15H20BrClN2O3. The number of hydrogen-bond acceptors (Lipinski definition) is 4. The number of halogens is 2. The molecule has 122 valence electrons. The Morgan fingerprint density at radius 2 is 2.23 bits per heavy atom. The highest BCUT2D eigenvalue weighted by molar-refractivity contribution is 9.10. The number of ether oxygens (including phenoxy) is 1. The molecule has 7 heteroatoms. The number of unbranched alkanes of at least 4 members (excludes halogenated alkanes) is 1. The molecule has 1 saturated heterocycles. The Bertz CT molecular complexity index is 534. The summed E-state index contributed by atoms with van der Waals surface area (Å²) in [5, 5.41) is 11.2. The van der Waals surface area contributed by atoms with Crippen LogP contribution < -0.4 is 0 Å². The van der Waals surface area contributed by atoms with E-state index in [4.69, 9.17) is 16.3 Å². The van der Waals surface area contributed by atoms with Crippen molar-refractivity contribution in [1.82, 2.24) is 9.88 Å². The number of likely N-dealkylation sites (tertiary alicyclic amines) is 1. The van der Waals surface area contributed by atoms with Gasteiger partial charge in [0.15, 0.2) is 0 Å². The van der Waals surface area contributed by atoms with Crippen LogP contribution in [0.2, 0.25) is 5.02 Å². The van der Waals surface area contributed by atoms with Crippen molar-refractivity contribution >= 4 is 33.6 Å². The minimum Gasteiger partial charge on any atom is -0.449 e. The van der Waals surface area contributed by atoms with Crippen molar-refractivity contribution in [3.8, 4) is 0 Å². The summed E-state index contributed by atoms with van der Waals surface area (Å²) in [5.74, 6) is 0. The van der Waals surface area contributed by atoms with Crippen molar-refractivity contribution in [2.75, 3.05) is 19.7 Å². The number of hydrogen-bond donors (Lipinski definition) is 1. The first-order valence-corrected chi connectivity index (χ1v) is 8.59. The number of pyridine rings is 1. The van der Waals surface area contributed by atoms with Crippen LogP contribution in [-0.4, -0.2) is 40.8 Å². The van der Waals surface area contributed by atoms with Crippen LogP contribution in [0.3, 0.4) is 0 Å². The zero-order valence-corrected chi connectivity index (χ0v) is 14.9. The van der Waals surface area contributed by atoms with Gasteiger partial charge in [-0.05, 0) is 41.3 Å². The summed E-state index contributed by atoms with van der Waals surface area (Å²) in [5.41, 5.74) is -0.630. The molecule has 0 saturated carbocycles. The molecule has 0 bridgehead atoms. The van der Waals surface area contributed by atoms with E-state index >= 15 is 0 Å². The van der Waals surface area contributed by atoms with Crippen molar-refractivity contribution in [2.45, 2.75) is 38.2 Å². The Kier molecular flexibility index (Phi) is 6.06. The van der Waals surface area contributed by atoms with E-state index in [-0.39, 0.29) is 6.09 Å². The number of amides is 1. The first-order valence-electron chi connectivity index (χ1n) is 7.42. The van der Waals surface area contributed by atoms with Gasteiger partial charge in [0.25, 0.3) is 0 Å². The molecule has 1 aliphatic heterocycles. The summed E-state index contributed by atoms with van der Waals surface area (Å²) in [6.07, 6.45) is 3.94. The van der Waals surface area contributed by atoms with Gasteiger partial charge >= 0.3 is 6.09 Å². The van der Waals surface area contributed by atoms with E-state index in [2.05, 4.69) is 20.9 Å². The molecule has 5 nitrogen and oxygen atoms in total. The van der Waals surface area contributed by atoms with Gasteiger partial charge in [-0.3, -0.25) is 4.98 Å². The molecule has 0 radical (unpaired) electrons. The van der Waals surface area contributed by atoms with E-state index in [1.54, 1.807) is 17.2 Å². The molecule has 1 N–H and O–H groups in total. The van der Waals surface area contributed by atoms with Gasteiger partial charge in [-0.2, -0.15) is 0 Å². The maximum Gasteiger partial charge on any atom is 0.409 e. The Morgan fingerprint density at radius 3 is 2.82 bits per heavy atom. The smallest absolute Gasteiger partial charge is 0.409 e. The zero-order valence-electron chi connectivity index (χ0n) is 12.5. The fraction of sp³-hybridized carbons (Fsp3) is 0.600. The molecule has 1 fully saturated rings. The fourth-order valence-electron chi connectivity index (χ4n) is 2.45. The quantitative estimate of drug-likeness (QED) is 0.795. The summed E-state index contributed by atoms with van der Waals surface area (Å²) in [6.45, 7) is 3.34. The molecule has 1 aromatic heterocycles. The maximum absolute atomic E-state index is 11.9. The van der Waals surface area contributed by atoms with Gasteiger partial charge in [-0.1, -0.05) is 24.9 Å². The Labute approximate surface area is 143 Å². The highest BCUT2D eigenvalue weighted by atomic mass is 79.9. The second-order valence-electron chi connectivity index (χ2n) is 5.47. The number of aromatic nitrogens is 1. The first-order chi connectivity index (χ1) is 10.5. The Morgan fingerprint density at radius 1 is 1.55 bits per heavy atom. The van der Waals surface area contributed by atoms with Gasteiger partial charge in [0.2, 0.25) is 0 Å². The minimum atomic E-state index is -1.10. The highest BCUT2D eigenvalue weighted by Crippen LogP contribution is 2.36. The summed E-state index contributed by atoms with van der Waals surface area (Å²) >= 11 is 9.48. The van der Waals surface area contributed by atoms with E-state index in [0.29, 0.717) is 43.3 Å². The first kappa shape index (κ1) is 17.5. The van der Waals surface area contributed by atoms with Crippen molar-refractivity contribution in [1.29, 1.82) is 0 Å². The van der Waals surface area contributed by atoms with Gasteiger partial charge in [0.1, 0.15) is 5.60 Å². The molecule has 2 heterocycles. The van der Waals surface area contributed by atoms with Crippen LogP contribution in [0.25, 0.3) is 0 Å². The third-order valence-corrected chi connectivity index (χ3v) is 4.54. The maximum atomic E-state index is 11.9. The van der Waals surface area contributed by atoms with Crippen LogP contribution in [0.5, 0.6) is 0 Å². The van der Waals surface area contributed by atoms with Gasteiger partial charge < -0.3 is 14.7 Å². The van der Waals surface area contributed by atoms with Crippen LogP contribution >= 0.6 is 27.5 Å². The molecule has 22 heavy (non-hydrogen) atoms. The summed E-state index contributed by atoms with van der Waals surface area (Å²) < 4.78 is 5.96. The predicted octanol–water partition coefficient (Wildman–Crippen LogP) is 3.72. The Hall–Kier alpha value is -0.850. The molecule has 1 aromatic rings. The molecule has 1 amide bonds. The molecule has 2 rings (SSSR count). The number of carbonyl (C=O) groups excluding carboxylic acids is 1. The van der Waals surface area contributed by atoms with Gasteiger partial charge in [-0.15, -0.1) is 0 Å². The molecule has 1 aliphatic rings. The largest absolute Gasteiger partial charge is 0.449 e. The van der Waals surface area contributed by atoms with Gasteiger partial charge in [-0.25, -0.2) is 4.79 Å². The van der Waals surface area contributed by atoms with Gasteiger partial charge in [0.05, 0.1) is 17.3 Å². The number of nitrogens with zero attached hydrogens (tertiary/aromatic N) is 2. The van der Waals surface area contributed by atoms with Crippen molar-refractivity contribution in [3.63, 3.8) is 0 Å². The average molecular weight is 392 g/mol. The molecule has 0 aromatic carbocycles. The van der Waals surface area contributed by atoms with Crippen molar-refractivity contribution < 1.29 is 14.6 Å². The number of aliphatic hydroxyl groups is 1. The third-order valence-electron chi connectivity index (χ3n) is 3.82. The van der Waals surface area contributed by atoms with Crippen LogP contribution in [0.1, 0.15) is 38.3 Å². The molecule has 0 unspecified atom stereocenters. The fourth-order valence-corrected chi connectivity index (χ4v) is 3.25. The molecule has 0 atom stereocenters. The molecule has 0 spiro atoms. The van der Waals surface area contributed by atoms with Crippen molar-refractivity contribution in [3.05, 3.63) is 27.5 Å². The predicted molar refractivity (Wildman–Crippen MR) is 87.9 cm³/mol. The van der Waals surface area contributed by atoms with E-state index in [1.165, 1.54) is 0 Å². The Balaban J connectivity index is 1.97. The second-order valence-corrected chi connectivity index (χ2v) is 6.79. The lowest BCUT2D eigenvalue weighted by atomic mass is 9.88. The number of piperidine rings is 1. The van der Waals surface area contributed by atoms with E-state index in [0.717, 1.165) is 17.3 Å². The summed E-state index contributed by atoms with van der Waals surface area (Å²) in [6, 6.07) is 1.72. The van der Waals surface area contributed by atoms with Gasteiger partial charge in [0, 0.05) is 23.8 Å². The minimum absolute atomic E-state index is 0.314. The summed E-state index contributed by atoms with van der Waals surface area (Å²) in [4.78, 5) is 17.8. The van der Waals surface area contributed by atoms with E-state index in [9.17, 15) is 9.90 Å².